The molecule has 1 saturated carbocycles. The van der Waals surface area contributed by atoms with Crippen LogP contribution in [0.3, 0.4) is 0 Å². The van der Waals surface area contributed by atoms with Crippen LogP contribution in [0.25, 0.3) is 0 Å². The summed E-state index contributed by atoms with van der Waals surface area (Å²) in [5.74, 6) is -3.27. The minimum atomic E-state index is -4.69. The topological polar surface area (TPSA) is 114 Å². The quantitative estimate of drug-likeness (QED) is 0.735. The molecule has 1 fully saturated rings. The van der Waals surface area contributed by atoms with Crippen molar-refractivity contribution < 1.29 is 17.2 Å². The summed E-state index contributed by atoms with van der Waals surface area (Å²) in [6.07, 6.45) is 4.32. The first-order chi connectivity index (χ1) is 12.2. The number of anilines is 1. The third-order valence-electron chi connectivity index (χ3n) is 4.57. The molecule has 1 heterocycles. The van der Waals surface area contributed by atoms with Gasteiger partial charge in [-0.1, -0.05) is 6.42 Å². The van der Waals surface area contributed by atoms with Crippen molar-refractivity contribution in [2.75, 3.05) is 4.90 Å². The average molecular weight is 450 g/mol. The molecule has 0 bridgehead atoms. The molecule has 1 aliphatic carbocycles. The number of alkyl halides is 2. The van der Waals surface area contributed by atoms with Gasteiger partial charge in [0.05, 0.1) is 10.6 Å². The van der Waals surface area contributed by atoms with Crippen molar-refractivity contribution in [3.05, 3.63) is 22.7 Å². The van der Waals surface area contributed by atoms with Gasteiger partial charge in [-0.3, -0.25) is 4.90 Å². The number of aliphatic imine (C=N–C) groups is 2. The van der Waals surface area contributed by atoms with E-state index < -0.39 is 26.2 Å². The third kappa shape index (κ3) is 3.18. The van der Waals surface area contributed by atoms with Crippen LogP contribution in [-0.2, 0) is 9.84 Å². The van der Waals surface area contributed by atoms with Gasteiger partial charge in [-0.15, -0.1) is 0 Å². The van der Waals surface area contributed by atoms with E-state index in [0.29, 0.717) is 23.0 Å². The summed E-state index contributed by atoms with van der Waals surface area (Å²) >= 11 is 3.28. The van der Waals surface area contributed by atoms with Crippen molar-refractivity contribution in [1.29, 1.82) is 0 Å². The number of rotatable bonds is 3. The molecule has 142 valence electrons. The van der Waals surface area contributed by atoms with Gasteiger partial charge in [-0.25, -0.2) is 13.4 Å². The smallest absolute Gasteiger partial charge is 0.341 e. The molecule has 7 nitrogen and oxygen atoms in total. The van der Waals surface area contributed by atoms with Gasteiger partial charge in [0.1, 0.15) is 5.66 Å². The Morgan fingerprint density at radius 1 is 1.19 bits per heavy atom. The molecule has 0 saturated heterocycles. The van der Waals surface area contributed by atoms with E-state index in [1.165, 1.54) is 6.07 Å². The van der Waals surface area contributed by atoms with Crippen molar-refractivity contribution in [2.45, 2.75) is 48.4 Å². The zero-order valence-electron chi connectivity index (χ0n) is 13.7. The van der Waals surface area contributed by atoms with E-state index in [2.05, 4.69) is 25.9 Å². The predicted octanol–water partition coefficient (Wildman–Crippen LogP) is 2.56. The Labute approximate surface area is 158 Å². The molecule has 3 rings (SSSR count). The highest BCUT2D eigenvalue weighted by molar-refractivity contribution is 9.10. The number of guanidine groups is 2. The lowest BCUT2D eigenvalue weighted by Gasteiger charge is -2.46. The van der Waals surface area contributed by atoms with Crippen LogP contribution in [0.4, 0.5) is 14.5 Å². The molecule has 11 heteroatoms. The lowest BCUT2D eigenvalue weighted by molar-refractivity contribution is 0.234. The number of hydrogen-bond donors (Lipinski definition) is 2. The minimum absolute atomic E-state index is 0.0914. The standard InChI is InChI=1S/C15H18BrF2N5O2S/c16-10-8-9(26(24,25)12(17)18)4-5-11(10)23-14(20)21-13(19)22-15(23)6-2-1-3-7-15/h4-5,8,12H,1-3,6-7H2,(H4,19,20,21,22). The first-order valence-corrected chi connectivity index (χ1v) is 10.3. The van der Waals surface area contributed by atoms with Crippen molar-refractivity contribution in [1.82, 2.24) is 0 Å². The van der Waals surface area contributed by atoms with Gasteiger partial charge in [-0.05, 0) is 59.8 Å². The van der Waals surface area contributed by atoms with E-state index in [4.69, 9.17) is 11.5 Å². The molecule has 0 aromatic heterocycles. The normalized spacial score (nSPS) is 20.2. The molecule has 4 N–H and O–H groups in total. The summed E-state index contributed by atoms with van der Waals surface area (Å²) in [5, 5.41) is 0. The van der Waals surface area contributed by atoms with Gasteiger partial charge in [0.15, 0.2) is 0 Å². The number of benzene rings is 1. The predicted molar refractivity (Wildman–Crippen MR) is 98.9 cm³/mol. The second-order valence-corrected chi connectivity index (χ2v) is 9.01. The van der Waals surface area contributed by atoms with Crippen molar-refractivity contribution in [3.63, 3.8) is 0 Å². The number of hydrogen-bond acceptors (Lipinski definition) is 7. The van der Waals surface area contributed by atoms with Crippen LogP contribution >= 0.6 is 15.9 Å². The summed E-state index contributed by atoms with van der Waals surface area (Å²) in [6, 6.07) is 3.70. The first kappa shape index (κ1) is 19.0. The van der Waals surface area contributed by atoms with E-state index in [-0.39, 0.29) is 11.9 Å². The minimum Gasteiger partial charge on any atom is -0.369 e. The second-order valence-electron chi connectivity index (χ2n) is 6.24. The molecule has 1 spiro atoms. The van der Waals surface area contributed by atoms with Crippen molar-refractivity contribution >= 4 is 43.4 Å². The zero-order chi connectivity index (χ0) is 19.1. The Hall–Kier alpha value is -1.75. The van der Waals surface area contributed by atoms with Crippen LogP contribution < -0.4 is 16.4 Å². The maximum absolute atomic E-state index is 12.8. The van der Waals surface area contributed by atoms with Crippen LogP contribution in [0.15, 0.2) is 37.6 Å². The zero-order valence-corrected chi connectivity index (χ0v) is 16.1. The Bertz CT molecular complexity index is 882. The summed E-state index contributed by atoms with van der Waals surface area (Å²) in [6.45, 7) is 0. The fourth-order valence-electron chi connectivity index (χ4n) is 3.42. The number of halogens is 3. The van der Waals surface area contributed by atoms with E-state index in [9.17, 15) is 17.2 Å². The van der Waals surface area contributed by atoms with E-state index in [0.717, 1.165) is 31.4 Å². The highest BCUT2D eigenvalue weighted by atomic mass is 79.9. The van der Waals surface area contributed by atoms with Gasteiger partial charge in [0, 0.05) is 4.47 Å². The van der Waals surface area contributed by atoms with Gasteiger partial charge in [0.25, 0.3) is 0 Å². The van der Waals surface area contributed by atoms with Crippen LogP contribution in [0.5, 0.6) is 0 Å². The molecular weight excluding hydrogens is 432 g/mol. The fraction of sp³-hybridized carbons (Fsp3) is 0.467. The number of nitrogens with two attached hydrogens (primary N) is 2. The number of sulfone groups is 1. The molecule has 0 unspecified atom stereocenters. The van der Waals surface area contributed by atoms with Crippen LogP contribution in [0.2, 0.25) is 0 Å². The van der Waals surface area contributed by atoms with E-state index >= 15 is 0 Å². The van der Waals surface area contributed by atoms with Crippen molar-refractivity contribution in [3.8, 4) is 0 Å². The fourth-order valence-corrected chi connectivity index (χ4v) is 4.87. The number of nitrogens with zero attached hydrogens (tertiary/aromatic N) is 3. The summed E-state index contributed by atoms with van der Waals surface area (Å²) in [4.78, 5) is 9.76. The highest BCUT2D eigenvalue weighted by Gasteiger charge is 2.43. The summed E-state index contributed by atoms with van der Waals surface area (Å²) in [7, 11) is -4.69. The Kier molecular flexibility index (Phi) is 4.95. The SMILES string of the molecule is NC1=NC2(CCCCC2)N(c2ccc(S(=O)(=O)C(F)F)cc2Br)C(N)=N1. The molecule has 1 aromatic rings. The summed E-state index contributed by atoms with van der Waals surface area (Å²) in [5.41, 5.74) is 11.7. The first-order valence-electron chi connectivity index (χ1n) is 7.99. The van der Waals surface area contributed by atoms with Gasteiger partial charge >= 0.3 is 5.76 Å². The third-order valence-corrected chi connectivity index (χ3v) is 6.59. The Morgan fingerprint density at radius 3 is 2.42 bits per heavy atom. The Morgan fingerprint density at radius 2 is 1.85 bits per heavy atom. The molecule has 1 aliphatic heterocycles. The Balaban J connectivity index is 2.08. The van der Waals surface area contributed by atoms with Crippen LogP contribution in [0, 0.1) is 0 Å². The van der Waals surface area contributed by atoms with Crippen LogP contribution in [-0.4, -0.2) is 31.8 Å². The van der Waals surface area contributed by atoms with Gasteiger partial charge in [-0.2, -0.15) is 13.8 Å². The molecular formula is C15H18BrF2N5O2S. The lowest BCUT2D eigenvalue weighted by atomic mass is 9.87. The lowest BCUT2D eigenvalue weighted by Crippen LogP contribution is -2.58. The van der Waals surface area contributed by atoms with E-state index in [1.807, 2.05) is 0 Å². The second kappa shape index (κ2) is 6.76. The van der Waals surface area contributed by atoms with Gasteiger partial charge < -0.3 is 11.5 Å². The maximum atomic E-state index is 12.8. The summed E-state index contributed by atoms with van der Waals surface area (Å²) < 4.78 is 49.3. The maximum Gasteiger partial charge on any atom is 0.341 e. The molecule has 2 aliphatic rings. The molecule has 0 amide bonds. The average Bonchev–Trinajstić information content (AvgIpc) is 2.56. The monoisotopic (exact) mass is 449 g/mol. The highest BCUT2D eigenvalue weighted by Crippen LogP contribution is 2.42. The van der Waals surface area contributed by atoms with Gasteiger partial charge in [0.2, 0.25) is 21.8 Å². The van der Waals surface area contributed by atoms with Crippen molar-refractivity contribution in [2.24, 2.45) is 21.5 Å². The molecule has 0 atom stereocenters. The van der Waals surface area contributed by atoms with Crippen LogP contribution in [0.1, 0.15) is 32.1 Å². The van der Waals surface area contributed by atoms with E-state index in [1.54, 1.807) is 4.90 Å². The molecule has 0 radical (unpaired) electrons. The molecule has 1 aromatic carbocycles. The largest absolute Gasteiger partial charge is 0.369 e. The molecule has 26 heavy (non-hydrogen) atoms.